The molecule has 3 N–H and O–H groups in total. The molecule has 0 fully saturated rings. The van der Waals surface area contributed by atoms with Gasteiger partial charge in [-0.15, -0.1) is 0 Å². The maximum absolute atomic E-state index is 5.65. The summed E-state index contributed by atoms with van der Waals surface area (Å²) in [7, 11) is 0. The first-order chi connectivity index (χ1) is 8.90. The molecule has 0 saturated carbocycles. The SMILES string of the molecule is NNC(c1cnsn1)c1cccc2ncccc12. The predicted molar refractivity (Wildman–Crippen MR) is 70.8 cm³/mol. The van der Waals surface area contributed by atoms with Gasteiger partial charge in [-0.2, -0.15) is 8.75 Å². The Morgan fingerprint density at radius 2 is 2.17 bits per heavy atom. The predicted octanol–water partition coefficient (Wildman–Crippen LogP) is 1.64. The molecule has 0 bridgehead atoms. The van der Waals surface area contributed by atoms with Crippen molar-refractivity contribution in [3.8, 4) is 0 Å². The Morgan fingerprint density at radius 3 is 2.94 bits per heavy atom. The number of fused-ring (bicyclic) bond motifs is 1. The summed E-state index contributed by atoms with van der Waals surface area (Å²) >= 11 is 1.17. The molecule has 0 aliphatic heterocycles. The van der Waals surface area contributed by atoms with Gasteiger partial charge in [-0.3, -0.25) is 10.8 Å². The van der Waals surface area contributed by atoms with Gasteiger partial charge in [-0.1, -0.05) is 18.2 Å². The third-order valence-electron chi connectivity index (χ3n) is 2.83. The minimum Gasteiger partial charge on any atom is -0.271 e. The maximum atomic E-state index is 5.65. The minimum absolute atomic E-state index is 0.170. The van der Waals surface area contributed by atoms with Gasteiger partial charge in [0, 0.05) is 11.6 Å². The number of nitrogens with zero attached hydrogens (tertiary/aromatic N) is 3. The Hall–Kier alpha value is -1.89. The highest BCUT2D eigenvalue weighted by Crippen LogP contribution is 2.26. The van der Waals surface area contributed by atoms with Crippen LogP contribution in [-0.4, -0.2) is 13.7 Å². The van der Waals surface area contributed by atoms with Crippen molar-refractivity contribution in [2.24, 2.45) is 5.84 Å². The number of aromatic nitrogens is 3. The van der Waals surface area contributed by atoms with Crippen LogP contribution in [0.5, 0.6) is 0 Å². The monoisotopic (exact) mass is 257 g/mol. The Bertz CT molecular complexity index is 647. The molecule has 2 heterocycles. The highest BCUT2D eigenvalue weighted by Gasteiger charge is 2.17. The van der Waals surface area contributed by atoms with Crippen LogP contribution in [0.2, 0.25) is 0 Å². The number of hydrazine groups is 1. The van der Waals surface area contributed by atoms with Crippen molar-refractivity contribution in [3.63, 3.8) is 0 Å². The van der Waals surface area contributed by atoms with Crippen molar-refractivity contribution in [2.75, 3.05) is 0 Å². The summed E-state index contributed by atoms with van der Waals surface area (Å²) in [4.78, 5) is 4.34. The fraction of sp³-hybridized carbons (Fsp3) is 0.0833. The molecule has 0 radical (unpaired) electrons. The van der Waals surface area contributed by atoms with Crippen LogP contribution >= 0.6 is 11.7 Å². The number of benzene rings is 1. The first kappa shape index (κ1) is 11.2. The quantitative estimate of drug-likeness (QED) is 0.551. The summed E-state index contributed by atoms with van der Waals surface area (Å²) in [6.45, 7) is 0. The zero-order valence-corrected chi connectivity index (χ0v) is 10.3. The molecule has 3 aromatic rings. The molecule has 0 spiro atoms. The van der Waals surface area contributed by atoms with Crippen LogP contribution in [0.1, 0.15) is 17.3 Å². The largest absolute Gasteiger partial charge is 0.271 e. The number of hydrogen-bond donors (Lipinski definition) is 2. The van der Waals surface area contributed by atoms with E-state index in [-0.39, 0.29) is 6.04 Å². The van der Waals surface area contributed by atoms with Crippen LogP contribution in [0.4, 0.5) is 0 Å². The van der Waals surface area contributed by atoms with Crippen molar-refractivity contribution in [3.05, 3.63) is 54.0 Å². The molecule has 0 aliphatic rings. The summed E-state index contributed by atoms with van der Waals surface area (Å²) < 4.78 is 8.25. The number of nitrogens with one attached hydrogen (secondary N) is 1. The van der Waals surface area contributed by atoms with E-state index in [4.69, 9.17) is 5.84 Å². The number of pyridine rings is 1. The van der Waals surface area contributed by atoms with Crippen molar-refractivity contribution in [2.45, 2.75) is 6.04 Å². The Balaban J connectivity index is 2.18. The number of hydrogen-bond acceptors (Lipinski definition) is 6. The molecule has 0 saturated heterocycles. The molecule has 6 heteroatoms. The minimum atomic E-state index is -0.170. The molecular formula is C12H11N5S. The first-order valence-electron chi connectivity index (χ1n) is 5.47. The Labute approximate surface area is 108 Å². The van der Waals surface area contributed by atoms with Gasteiger partial charge in [0.2, 0.25) is 0 Å². The average molecular weight is 257 g/mol. The summed E-state index contributed by atoms with van der Waals surface area (Å²) in [5.41, 5.74) is 5.60. The second kappa shape index (κ2) is 4.77. The van der Waals surface area contributed by atoms with E-state index in [1.807, 2.05) is 30.3 Å². The molecule has 18 heavy (non-hydrogen) atoms. The molecule has 2 aromatic heterocycles. The van der Waals surface area contributed by atoms with Gasteiger partial charge in [0.25, 0.3) is 0 Å². The zero-order chi connectivity index (χ0) is 12.4. The van der Waals surface area contributed by atoms with E-state index >= 15 is 0 Å². The van der Waals surface area contributed by atoms with Crippen LogP contribution in [0, 0.1) is 0 Å². The molecule has 0 aliphatic carbocycles. The number of rotatable bonds is 3. The lowest BCUT2D eigenvalue weighted by molar-refractivity contribution is 0.629. The molecule has 0 amide bonds. The van der Waals surface area contributed by atoms with Gasteiger partial charge in [0.1, 0.15) is 0 Å². The van der Waals surface area contributed by atoms with E-state index in [1.54, 1.807) is 12.4 Å². The lowest BCUT2D eigenvalue weighted by atomic mass is 10.00. The highest BCUT2D eigenvalue weighted by atomic mass is 32.1. The summed E-state index contributed by atoms with van der Waals surface area (Å²) in [5.74, 6) is 5.65. The van der Waals surface area contributed by atoms with Crippen LogP contribution in [0.25, 0.3) is 10.9 Å². The van der Waals surface area contributed by atoms with E-state index in [2.05, 4.69) is 19.2 Å². The molecule has 1 atom stereocenters. The summed E-state index contributed by atoms with van der Waals surface area (Å²) in [5, 5.41) is 1.07. The van der Waals surface area contributed by atoms with Crippen molar-refractivity contribution in [1.29, 1.82) is 0 Å². The Morgan fingerprint density at radius 1 is 1.22 bits per heavy atom. The van der Waals surface area contributed by atoms with Crippen LogP contribution in [0.3, 0.4) is 0 Å². The van der Waals surface area contributed by atoms with Crippen molar-refractivity contribution < 1.29 is 0 Å². The lowest BCUT2D eigenvalue weighted by Crippen LogP contribution is -2.29. The molecular weight excluding hydrogens is 246 g/mol. The fourth-order valence-corrected chi connectivity index (χ4v) is 2.46. The van der Waals surface area contributed by atoms with E-state index in [0.717, 1.165) is 22.2 Å². The lowest BCUT2D eigenvalue weighted by Gasteiger charge is -2.15. The van der Waals surface area contributed by atoms with Crippen molar-refractivity contribution in [1.82, 2.24) is 19.2 Å². The summed E-state index contributed by atoms with van der Waals surface area (Å²) in [6, 6.07) is 9.74. The van der Waals surface area contributed by atoms with Gasteiger partial charge in [-0.25, -0.2) is 5.43 Å². The maximum Gasteiger partial charge on any atom is 0.0970 e. The van der Waals surface area contributed by atoms with Crippen molar-refractivity contribution >= 4 is 22.6 Å². The van der Waals surface area contributed by atoms with Crippen LogP contribution in [-0.2, 0) is 0 Å². The third-order valence-corrected chi connectivity index (χ3v) is 3.32. The Kier molecular flexibility index (Phi) is 2.97. The van der Waals surface area contributed by atoms with Gasteiger partial charge < -0.3 is 0 Å². The van der Waals surface area contributed by atoms with E-state index in [9.17, 15) is 0 Å². The molecule has 1 unspecified atom stereocenters. The van der Waals surface area contributed by atoms with E-state index in [1.165, 1.54) is 11.7 Å². The molecule has 90 valence electrons. The molecule has 3 rings (SSSR count). The second-order valence-electron chi connectivity index (χ2n) is 3.85. The molecule has 1 aromatic carbocycles. The third kappa shape index (κ3) is 1.86. The summed E-state index contributed by atoms with van der Waals surface area (Å²) in [6.07, 6.45) is 3.51. The number of nitrogens with two attached hydrogens (primary N) is 1. The average Bonchev–Trinajstić information content (AvgIpc) is 2.94. The highest BCUT2D eigenvalue weighted by molar-refractivity contribution is 6.99. The zero-order valence-electron chi connectivity index (χ0n) is 9.45. The van der Waals surface area contributed by atoms with E-state index < -0.39 is 0 Å². The van der Waals surface area contributed by atoms with Gasteiger partial charge in [0.15, 0.2) is 0 Å². The van der Waals surface area contributed by atoms with Gasteiger partial charge in [-0.05, 0) is 17.7 Å². The molecule has 5 nitrogen and oxygen atoms in total. The normalized spacial score (nSPS) is 12.7. The van der Waals surface area contributed by atoms with Gasteiger partial charge >= 0.3 is 0 Å². The topological polar surface area (TPSA) is 76.7 Å². The van der Waals surface area contributed by atoms with Crippen LogP contribution in [0.15, 0.2) is 42.7 Å². The first-order valence-corrected chi connectivity index (χ1v) is 6.20. The van der Waals surface area contributed by atoms with Gasteiger partial charge in [0.05, 0.1) is 35.2 Å². The standard InChI is InChI=1S/C12H11N5S/c13-16-12(11-7-15-18-17-11)9-3-1-5-10-8(9)4-2-6-14-10/h1-7,12,16H,13H2. The smallest absolute Gasteiger partial charge is 0.0970 e. The second-order valence-corrected chi connectivity index (χ2v) is 4.41. The van der Waals surface area contributed by atoms with E-state index in [0.29, 0.717) is 0 Å². The van der Waals surface area contributed by atoms with Crippen LogP contribution < -0.4 is 11.3 Å². The fourth-order valence-electron chi connectivity index (χ4n) is 2.01.